The van der Waals surface area contributed by atoms with E-state index in [9.17, 15) is 14.4 Å². The van der Waals surface area contributed by atoms with Crippen LogP contribution in [-0.4, -0.2) is 17.7 Å². The molecule has 0 unspecified atom stereocenters. The van der Waals surface area contributed by atoms with Gasteiger partial charge in [-0.1, -0.05) is 36.4 Å². The molecule has 1 aliphatic rings. The van der Waals surface area contributed by atoms with Gasteiger partial charge < -0.3 is 5.32 Å². The van der Waals surface area contributed by atoms with Crippen LogP contribution in [0.5, 0.6) is 0 Å². The molecule has 3 amide bonds. The summed E-state index contributed by atoms with van der Waals surface area (Å²) in [6.07, 6.45) is 0. The van der Waals surface area contributed by atoms with Crippen molar-refractivity contribution in [3.05, 3.63) is 106 Å². The highest BCUT2D eigenvalue weighted by Gasteiger charge is 2.34. The first kappa shape index (κ1) is 20.2. The molecule has 5 nitrogen and oxygen atoms in total. The van der Waals surface area contributed by atoms with E-state index in [2.05, 4.69) is 21.2 Å². The molecule has 0 atom stereocenters. The summed E-state index contributed by atoms with van der Waals surface area (Å²) < 4.78 is 0.771. The van der Waals surface area contributed by atoms with E-state index in [1.54, 1.807) is 48.5 Å². The second kappa shape index (κ2) is 7.73. The van der Waals surface area contributed by atoms with E-state index < -0.39 is 11.8 Å². The van der Waals surface area contributed by atoms with Crippen LogP contribution in [0.3, 0.4) is 0 Å². The molecule has 5 rings (SSSR count). The minimum atomic E-state index is -0.405. The van der Waals surface area contributed by atoms with Crippen molar-refractivity contribution < 1.29 is 14.4 Å². The van der Waals surface area contributed by atoms with Crippen molar-refractivity contribution in [2.24, 2.45) is 0 Å². The Bertz CT molecular complexity index is 1390. The van der Waals surface area contributed by atoms with Crippen molar-refractivity contribution >= 4 is 55.8 Å². The largest absolute Gasteiger partial charge is 0.321 e. The van der Waals surface area contributed by atoms with Crippen LogP contribution in [0.15, 0.2) is 83.3 Å². The number of hydrogen-bond donors (Lipinski definition) is 1. The van der Waals surface area contributed by atoms with Gasteiger partial charge in [-0.25, -0.2) is 4.90 Å². The maximum absolute atomic E-state index is 13.3. The Labute approximate surface area is 192 Å². The zero-order valence-electron chi connectivity index (χ0n) is 17.1. The number of amides is 3. The average Bonchev–Trinajstić information content (AvgIpc) is 2.79. The first-order chi connectivity index (χ1) is 15.4. The van der Waals surface area contributed by atoms with Crippen molar-refractivity contribution in [2.75, 3.05) is 10.2 Å². The lowest BCUT2D eigenvalue weighted by Gasteiger charge is -2.27. The number of nitrogens with zero attached hydrogens (tertiary/aromatic N) is 1. The first-order valence-electron chi connectivity index (χ1n) is 10.0. The van der Waals surface area contributed by atoms with Gasteiger partial charge in [-0.3, -0.25) is 14.4 Å². The molecule has 0 spiro atoms. The van der Waals surface area contributed by atoms with Gasteiger partial charge >= 0.3 is 0 Å². The molecule has 156 valence electrons. The van der Waals surface area contributed by atoms with Crippen LogP contribution in [0, 0.1) is 6.92 Å². The van der Waals surface area contributed by atoms with Crippen LogP contribution in [0.2, 0.25) is 0 Å². The van der Waals surface area contributed by atoms with Gasteiger partial charge in [-0.2, -0.15) is 0 Å². The lowest BCUT2D eigenvalue weighted by molar-refractivity contribution is 0.0892. The number of carbonyl (C=O) groups is 3. The zero-order chi connectivity index (χ0) is 22.4. The highest BCUT2D eigenvalue weighted by atomic mass is 79.9. The Morgan fingerprint density at radius 1 is 0.844 bits per heavy atom. The average molecular weight is 485 g/mol. The van der Waals surface area contributed by atoms with E-state index in [1.807, 2.05) is 37.3 Å². The Kier molecular flexibility index (Phi) is 4.87. The third kappa shape index (κ3) is 3.29. The Morgan fingerprint density at radius 3 is 2.16 bits per heavy atom. The SMILES string of the molecule is Cc1ccc(NC(=O)c2cccc(N3C(=O)c4cccc5cccc(c45)C3=O)c2)c(Br)c1. The molecule has 1 heterocycles. The van der Waals surface area contributed by atoms with Gasteiger partial charge in [-0.05, 0) is 76.3 Å². The summed E-state index contributed by atoms with van der Waals surface area (Å²) in [7, 11) is 0. The molecule has 4 aromatic rings. The molecule has 0 aliphatic carbocycles. The van der Waals surface area contributed by atoms with Gasteiger partial charge in [0.1, 0.15) is 0 Å². The maximum atomic E-state index is 13.3. The first-order valence-corrected chi connectivity index (χ1v) is 10.8. The van der Waals surface area contributed by atoms with Gasteiger partial charge in [0.05, 0.1) is 11.4 Å². The van der Waals surface area contributed by atoms with E-state index in [4.69, 9.17) is 0 Å². The standard InChI is InChI=1S/C26H17BrN2O3/c1-15-11-12-22(21(27)13-15)28-24(30)17-7-2-8-18(14-17)29-25(31)19-9-3-5-16-6-4-10-20(23(16)19)26(29)32/h2-14H,1H3,(H,28,30). The lowest BCUT2D eigenvalue weighted by atomic mass is 9.93. The fourth-order valence-corrected chi connectivity index (χ4v) is 4.56. The summed E-state index contributed by atoms with van der Waals surface area (Å²) in [6, 6.07) is 23.0. The van der Waals surface area contributed by atoms with Gasteiger partial charge in [-0.15, -0.1) is 0 Å². The Hall–Kier alpha value is -3.77. The van der Waals surface area contributed by atoms with Crippen LogP contribution in [0.25, 0.3) is 10.8 Å². The van der Waals surface area contributed by atoms with Gasteiger partial charge in [0.25, 0.3) is 17.7 Å². The number of anilines is 2. The van der Waals surface area contributed by atoms with Gasteiger partial charge in [0.15, 0.2) is 0 Å². The van der Waals surface area contributed by atoms with E-state index in [0.717, 1.165) is 20.3 Å². The van der Waals surface area contributed by atoms with Gasteiger partial charge in [0.2, 0.25) is 0 Å². The second-order valence-electron chi connectivity index (χ2n) is 7.64. The van der Waals surface area contributed by atoms with Crippen molar-refractivity contribution in [1.82, 2.24) is 0 Å². The minimum absolute atomic E-state index is 0.337. The fourth-order valence-electron chi connectivity index (χ4n) is 3.97. The number of aryl methyl sites for hydroxylation is 1. The maximum Gasteiger partial charge on any atom is 0.265 e. The number of hydrogen-bond acceptors (Lipinski definition) is 3. The number of halogens is 1. The van der Waals surface area contributed by atoms with Crippen LogP contribution in [0.4, 0.5) is 11.4 Å². The molecule has 0 radical (unpaired) electrons. The third-order valence-electron chi connectivity index (χ3n) is 5.51. The van der Waals surface area contributed by atoms with Crippen molar-refractivity contribution in [3.8, 4) is 0 Å². The molecule has 6 heteroatoms. The van der Waals surface area contributed by atoms with Crippen molar-refractivity contribution in [2.45, 2.75) is 6.92 Å². The summed E-state index contributed by atoms with van der Waals surface area (Å²) in [4.78, 5) is 40.5. The minimum Gasteiger partial charge on any atom is -0.321 e. The summed E-state index contributed by atoms with van der Waals surface area (Å²) in [5, 5.41) is 4.38. The molecular formula is C26H17BrN2O3. The topological polar surface area (TPSA) is 66.5 Å². The summed E-state index contributed by atoms with van der Waals surface area (Å²) in [5.41, 5.74) is 3.33. The quantitative estimate of drug-likeness (QED) is 0.364. The Balaban J connectivity index is 1.51. The molecule has 1 N–H and O–H groups in total. The number of carbonyl (C=O) groups excluding carboxylic acids is 3. The number of rotatable bonds is 3. The molecule has 0 saturated heterocycles. The lowest BCUT2D eigenvalue weighted by Crippen LogP contribution is -2.40. The Morgan fingerprint density at radius 2 is 1.50 bits per heavy atom. The number of nitrogens with one attached hydrogen (secondary N) is 1. The van der Waals surface area contributed by atoms with Crippen LogP contribution < -0.4 is 10.2 Å². The predicted octanol–water partition coefficient (Wildman–Crippen LogP) is 5.96. The summed E-state index contributed by atoms with van der Waals surface area (Å²) in [6.45, 7) is 1.96. The molecule has 0 fully saturated rings. The van der Waals surface area contributed by atoms with E-state index in [0.29, 0.717) is 33.5 Å². The number of benzene rings is 4. The van der Waals surface area contributed by atoms with E-state index >= 15 is 0 Å². The molecule has 0 saturated carbocycles. The molecule has 32 heavy (non-hydrogen) atoms. The fraction of sp³-hybridized carbons (Fsp3) is 0.0385. The monoisotopic (exact) mass is 484 g/mol. The number of imide groups is 1. The van der Waals surface area contributed by atoms with Crippen molar-refractivity contribution in [3.63, 3.8) is 0 Å². The molecular weight excluding hydrogens is 468 g/mol. The predicted molar refractivity (Wildman–Crippen MR) is 128 cm³/mol. The molecule has 1 aliphatic heterocycles. The summed E-state index contributed by atoms with van der Waals surface area (Å²) in [5.74, 6) is -1.15. The smallest absolute Gasteiger partial charge is 0.265 e. The van der Waals surface area contributed by atoms with E-state index in [-0.39, 0.29) is 5.91 Å². The second-order valence-corrected chi connectivity index (χ2v) is 8.50. The molecule has 0 aromatic heterocycles. The molecule has 0 bridgehead atoms. The normalized spacial score (nSPS) is 12.9. The third-order valence-corrected chi connectivity index (χ3v) is 6.17. The van der Waals surface area contributed by atoms with Crippen LogP contribution in [-0.2, 0) is 0 Å². The van der Waals surface area contributed by atoms with E-state index in [1.165, 1.54) is 0 Å². The zero-order valence-corrected chi connectivity index (χ0v) is 18.6. The van der Waals surface area contributed by atoms with Crippen molar-refractivity contribution in [1.29, 1.82) is 0 Å². The highest BCUT2D eigenvalue weighted by Crippen LogP contribution is 2.33. The van der Waals surface area contributed by atoms with Crippen LogP contribution in [0.1, 0.15) is 36.6 Å². The van der Waals surface area contributed by atoms with Gasteiger partial charge in [0, 0.05) is 26.5 Å². The summed E-state index contributed by atoms with van der Waals surface area (Å²) >= 11 is 3.46. The molecule has 4 aromatic carbocycles. The van der Waals surface area contributed by atoms with Crippen LogP contribution >= 0.6 is 15.9 Å². The highest BCUT2D eigenvalue weighted by molar-refractivity contribution is 9.10.